The highest BCUT2D eigenvalue weighted by Crippen LogP contribution is 2.42. The van der Waals surface area contributed by atoms with Crippen LogP contribution >= 0.6 is 0 Å². The third kappa shape index (κ3) is 3.65. The van der Waals surface area contributed by atoms with Crippen LogP contribution in [0.15, 0.2) is 24.3 Å². The Labute approximate surface area is 117 Å². The van der Waals surface area contributed by atoms with E-state index in [9.17, 15) is 0 Å². The predicted octanol–water partition coefficient (Wildman–Crippen LogP) is 4.71. The molecule has 2 atom stereocenters. The van der Waals surface area contributed by atoms with Gasteiger partial charge in [-0.15, -0.1) is 0 Å². The molecule has 2 unspecified atom stereocenters. The Balaban J connectivity index is 2.11. The van der Waals surface area contributed by atoms with E-state index in [0.29, 0.717) is 17.4 Å². The third-order valence-electron chi connectivity index (χ3n) is 3.92. The molecule has 0 aliphatic heterocycles. The van der Waals surface area contributed by atoms with E-state index < -0.39 is 0 Å². The Bertz CT molecular complexity index is 425. The second-order valence-corrected chi connectivity index (χ2v) is 6.96. The van der Waals surface area contributed by atoms with Gasteiger partial charge in [0, 0.05) is 6.04 Å². The zero-order valence-electron chi connectivity index (χ0n) is 12.9. The van der Waals surface area contributed by atoms with Gasteiger partial charge in [-0.3, -0.25) is 0 Å². The smallest absolute Gasteiger partial charge is 0.142 e. The van der Waals surface area contributed by atoms with Gasteiger partial charge in [0.25, 0.3) is 0 Å². The lowest BCUT2D eigenvalue weighted by atomic mass is 9.91. The van der Waals surface area contributed by atoms with Gasteiger partial charge in [-0.1, -0.05) is 32.9 Å². The molecule has 2 nitrogen and oxygen atoms in total. The first-order chi connectivity index (χ1) is 8.87. The number of hydrogen-bond donors (Lipinski definition) is 1. The van der Waals surface area contributed by atoms with Crippen molar-refractivity contribution in [3.05, 3.63) is 24.3 Å². The van der Waals surface area contributed by atoms with Crippen LogP contribution in [0.1, 0.15) is 47.5 Å². The van der Waals surface area contributed by atoms with E-state index >= 15 is 0 Å². The molecule has 106 valence electrons. The second-order valence-electron chi connectivity index (χ2n) is 6.96. The molecule has 0 saturated heterocycles. The molecular formula is C17H27NO. The molecule has 1 aliphatic rings. The minimum absolute atomic E-state index is 0.209. The van der Waals surface area contributed by atoms with Crippen LogP contribution in [0.4, 0.5) is 5.69 Å². The lowest BCUT2D eigenvalue weighted by Crippen LogP contribution is -2.23. The monoisotopic (exact) mass is 261 g/mol. The van der Waals surface area contributed by atoms with Crippen molar-refractivity contribution in [3.8, 4) is 5.75 Å². The molecule has 19 heavy (non-hydrogen) atoms. The van der Waals surface area contributed by atoms with E-state index in [0.717, 1.165) is 11.4 Å². The Morgan fingerprint density at radius 1 is 1.21 bits per heavy atom. The summed E-state index contributed by atoms with van der Waals surface area (Å²) in [5.74, 6) is 1.68. The second kappa shape index (κ2) is 5.44. The van der Waals surface area contributed by atoms with Crippen LogP contribution in [0.3, 0.4) is 0 Å². The highest BCUT2D eigenvalue weighted by molar-refractivity contribution is 5.57. The summed E-state index contributed by atoms with van der Waals surface area (Å²) in [5.41, 5.74) is 1.58. The van der Waals surface area contributed by atoms with Crippen molar-refractivity contribution in [1.82, 2.24) is 0 Å². The molecule has 0 amide bonds. The predicted molar refractivity (Wildman–Crippen MR) is 81.8 cm³/mol. The highest BCUT2D eigenvalue weighted by atomic mass is 16.5. The Morgan fingerprint density at radius 3 is 2.47 bits per heavy atom. The van der Waals surface area contributed by atoms with Crippen molar-refractivity contribution < 1.29 is 4.74 Å². The van der Waals surface area contributed by atoms with Crippen LogP contribution in [0.5, 0.6) is 5.75 Å². The molecule has 1 aromatic carbocycles. The van der Waals surface area contributed by atoms with Crippen LogP contribution < -0.4 is 10.1 Å². The Kier molecular flexibility index (Phi) is 4.07. The number of para-hydroxylation sites is 2. The maximum absolute atomic E-state index is 5.88. The number of benzene rings is 1. The van der Waals surface area contributed by atoms with Gasteiger partial charge in [-0.2, -0.15) is 0 Å². The molecular weight excluding hydrogens is 234 g/mol. The van der Waals surface area contributed by atoms with Crippen LogP contribution in [0.2, 0.25) is 0 Å². The van der Waals surface area contributed by atoms with Gasteiger partial charge in [-0.25, -0.2) is 0 Å². The van der Waals surface area contributed by atoms with Crippen LogP contribution in [-0.2, 0) is 0 Å². The highest BCUT2D eigenvalue weighted by Gasteiger charge is 2.36. The van der Waals surface area contributed by atoms with Crippen molar-refractivity contribution in [2.45, 2.75) is 59.6 Å². The summed E-state index contributed by atoms with van der Waals surface area (Å²) in [7, 11) is 0. The van der Waals surface area contributed by atoms with E-state index in [1.165, 1.54) is 12.8 Å². The summed E-state index contributed by atoms with van der Waals surface area (Å²) in [6, 6.07) is 8.82. The summed E-state index contributed by atoms with van der Waals surface area (Å²) in [5, 5.41) is 3.70. The number of nitrogens with one attached hydrogen (secondary N) is 1. The van der Waals surface area contributed by atoms with Gasteiger partial charge in [0.05, 0.1) is 11.8 Å². The van der Waals surface area contributed by atoms with Crippen molar-refractivity contribution in [3.63, 3.8) is 0 Å². The fraction of sp³-hybridized carbons (Fsp3) is 0.647. The lowest BCUT2D eigenvalue weighted by molar-refractivity contribution is 0.243. The maximum Gasteiger partial charge on any atom is 0.142 e. The molecule has 1 aliphatic carbocycles. The van der Waals surface area contributed by atoms with Gasteiger partial charge in [0.2, 0.25) is 0 Å². The van der Waals surface area contributed by atoms with Gasteiger partial charge in [-0.05, 0) is 50.2 Å². The van der Waals surface area contributed by atoms with Crippen LogP contribution in [-0.4, -0.2) is 12.1 Å². The molecule has 0 heterocycles. The molecule has 2 rings (SSSR count). The summed E-state index contributed by atoms with van der Waals surface area (Å²) in [6.45, 7) is 11.2. The van der Waals surface area contributed by atoms with Gasteiger partial charge in [0.1, 0.15) is 5.75 Å². The fourth-order valence-electron chi connectivity index (χ4n) is 3.23. The topological polar surface area (TPSA) is 21.3 Å². The molecule has 1 aromatic rings. The maximum atomic E-state index is 5.88. The molecule has 0 bridgehead atoms. The average molecular weight is 261 g/mol. The van der Waals surface area contributed by atoms with Crippen LogP contribution in [0.25, 0.3) is 0 Å². The number of ether oxygens (including phenoxy) is 1. The Morgan fingerprint density at radius 2 is 1.89 bits per heavy atom. The first-order valence-electron chi connectivity index (χ1n) is 7.39. The minimum atomic E-state index is 0.209. The van der Waals surface area contributed by atoms with Crippen molar-refractivity contribution in [2.75, 3.05) is 5.32 Å². The van der Waals surface area contributed by atoms with E-state index in [2.05, 4.69) is 52.1 Å². The standard InChI is InChI=1S/C17H27NO/c1-12(2)19-16-9-7-6-8-14(16)18-15-11-17(4,5)10-13(15)3/h6-9,12-13,15,18H,10-11H2,1-5H3. The molecule has 0 aromatic heterocycles. The normalized spacial score (nSPS) is 25.6. The summed E-state index contributed by atoms with van der Waals surface area (Å²) < 4.78 is 5.88. The molecule has 2 heteroatoms. The van der Waals surface area contributed by atoms with Crippen molar-refractivity contribution in [2.24, 2.45) is 11.3 Å². The summed E-state index contributed by atoms with van der Waals surface area (Å²) in [4.78, 5) is 0. The summed E-state index contributed by atoms with van der Waals surface area (Å²) >= 11 is 0. The van der Waals surface area contributed by atoms with Gasteiger partial charge >= 0.3 is 0 Å². The molecule has 0 radical (unpaired) electrons. The lowest BCUT2D eigenvalue weighted by Gasteiger charge is -2.22. The number of anilines is 1. The average Bonchev–Trinajstić information content (AvgIpc) is 2.54. The quantitative estimate of drug-likeness (QED) is 0.847. The number of rotatable bonds is 4. The fourth-order valence-corrected chi connectivity index (χ4v) is 3.23. The van der Waals surface area contributed by atoms with E-state index in [4.69, 9.17) is 4.74 Å². The van der Waals surface area contributed by atoms with E-state index in [1.807, 2.05) is 12.1 Å². The zero-order valence-corrected chi connectivity index (χ0v) is 12.9. The van der Waals surface area contributed by atoms with Crippen LogP contribution in [0, 0.1) is 11.3 Å². The molecule has 0 spiro atoms. The minimum Gasteiger partial charge on any atom is -0.489 e. The zero-order chi connectivity index (χ0) is 14.0. The molecule has 1 saturated carbocycles. The van der Waals surface area contributed by atoms with E-state index in [-0.39, 0.29) is 6.10 Å². The molecule has 1 N–H and O–H groups in total. The SMILES string of the molecule is CC(C)Oc1ccccc1NC1CC(C)(C)CC1C. The third-order valence-corrected chi connectivity index (χ3v) is 3.92. The summed E-state index contributed by atoms with van der Waals surface area (Å²) in [6.07, 6.45) is 2.72. The first kappa shape index (κ1) is 14.2. The number of hydrogen-bond acceptors (Lipinski definition) is 2. The largest absolute Gasteiger partial charge is 0.489 e. The Hall–Kier alpha value is -1.18. The van der Waals surface area contributed by atoms with E-state index in [1.54, 1.807) is 0 Å². The molecule has 1 fully saturated rings. The van der Waals surface area contributed by atoms with Gasteiger partial charge < -0.3 is 10.1 Å². The van der Waals surface area contributed by atoms with Gasteiger partial charge in [0.15, 0.2) is 0 Å². The first-order valence-corrected chi connectivity index (χ1v) is 7.39. The van der Waals surface area contributed by atoms with Crippen molar-refractivity contribution >= 4 is 5.69 Å². The van der Waals surface area contributed by atoms with Crippen molar-refractivity contribution in [1.29, 1.82) is 0 Å².